The number of hydrogen-bond acceptors (Lipinski definition) is 6. The highest BCUT2D eigenvalue weighted by atomic mass is 16.5. The van der Waals surface area contributed by atoms with Crippen molar-refractivity contribution in [3.8, 4) is 5.69 Å². The number of rotatable bonds is 9. The Hall–Kier alpha value is -3.32. The van der Waals surface area contributed by atoms with Crippen molar-refractivity contribution < 1.29 is 14.3 Å². The SMILES string of the molecule is CC[C@H](N)c1nc2cccc(CC(=O)CCCC(=O)OC)c2c(=O)n1-c1ccccc1. The standard InChI is InChI=1S/C24H27N3O4/c1-3-19(25)23-26-20-13-7-9-16(15-18(28)12-8-14-21(29)31-2)22(20)24(30)27(23)17-10-5-4-6-11-17/h4-7,9-11,13,19H,3,8,12,14-15,25H2,1-2H3/t19-/m0/s1. The third kappa shape index (κ3) is 5.06. The molecule has 31 heavy (non-hydrogen) atoms. The maximum atomic E-state index is 13.6. The molecule has 1 aromatic heterocycles. The van der Waals surface area contributed by atoms with Crippen LogP contribution in [-0.2, 0) is 20.7 Å². The van der Waals surface area contributed by atoms with Crippen molar-refractivity contribution in [3.63, 3.8) is 0 Å². The van der Waals surface area contributed by atoms with Gasteiger partial charge in [-0.15, -0.1) is 0 Å². The largest absolute Gasteiger partial charge is 0.469 e. The van der Waals surface area contributed by atoms with Crippen LogP contribution < -0.4 is 11.3 Å². The maximum absolute atomic E-state index is 13.6. The molecule has 0 saturated heterocycles. The van der Waals surface area contributed by atoms with Crippen molar-refractivity contribution in [1.29, 1.82) is 0 Å². The number of methoxy groups -OCH3 is 1. The Balaban J connectivity index is 2.04. The van der Waals surface area contributed by atoms with Crippen LogP contribution in [0.3, 0.4) is 0 Å². The maximum Gasteiger partial charge on any atom is 0.305 e. The number of ether oxygens (including phenoxy) is 1. The van der Waals surface area contributed by atoms with E-state index in [0.29, 0.717) is 40.8 Å². The second-order valence-corrected chi connectivity index (χ2v) is 7.42. The second kappa shape index (κ2) is 10.1. The predicted molar refractivity (Wildman–Crippen MR) is 119 cm³/mol. The molecule has 0 fully saturated rings. The van der Waals surface area contributed by atoms with Gasteiger partial charge in [0, 0.05) is 19.3 Å². The van der Waals surface area contributed by atoms with Crippen molar-refractivity contribution >= 4 is 22.7 Å². The molecule has 7 heteroatoms. The topological polar surface area (TPSA) is 104 Å². The van der Waals surface area contributed by atoms with Gasteiger partial charge in [0.05, 0.1) is 29.7 Å². The van der Waals surface area contributed by atoms with Crippen LogP contribution >= 0.6 is 0 Å². The Labute approximate surface area is 180 Å². The molecule has 1 heterocycles. The van der Waals surface area contributed by atoms with Gasteiger partial charge in [0.1, 0.15) is 11.6 Å². The number of para-hydroxylation sites is 1. The number of esters is 1. The predicted octanol–water partition coefficient (Wildman–Crippen LogP) is 3.25. The van der Waals surface area contributed by atoms with E-state index in [1.54, 1.807) is 22.8 Å². The first-order chi connectivity index (χ1) is 15.0. The summed E-state index contributed by atoms with van der Waals surface area (Å²) in [7, 11) is 1.32. The van der Waals surface area contributed by atoms with E-state index in [2.05, 4.69) is 4.74 Å². The summed E-state index contributed by atoms with van der Waals surface area (Å²) >= 11 is 0. The molecule has 0 aliphatic heterocycles. The van der Waals surface area contributed by atoms with Gasteiger partial charge in [-0.3, -0.25) is 19.0 Å². The minimum absolute atomic E-state index is 0.0450. The normalized spacial score (nSPS) is 12.0. The van der Waals surface area contributed by atoms with Gasteiger partial charge in [-0.1, -0.05) is 37.3 Å². The molecule has 0 spiro atoms. The number of carbonyl (C=O) groups excluding carboxylic acids is 2. The molecule has 0 aliphatic carbocycles. The Bertz CT molecular complexity index is 1140. The summed E-state index contributed by atoms with van der Waals surface area (Å²) in [6, 6.07) is 14.2. The number of benzene rings is 2. The summed E-state index contributed by atoms with van der Waals surface area (Å²) in [5.41, 5.74) is 7.87. The molecule has 0 radical (unpaired) electrons. The van der Waals surface area contributed by atoms with Crippen LogP contribution in [0.5, 0.6) is 0 Å². The molecule has 162 valence electrons. The Morgan fingerprint density at radius 1 is 1.10 bits per heavy atom. The van der Waals surface area contributed by atoms with E-state index in [9.17, 15) is 14.4 Å². The van der Waals surface area contributed by atoms with E-state index in [1.165, 1.54) is 7.11 Å². The Morgan fingerprint density at radius 3 is 2.52 bits per heavy atom. The fourth-order valence-corrected chi connectivity index (χ4v) is 3.55. The van der Waals surface area contributed by atoms with E-state index >= 15 is 0 Å². The third-order valence-electron chi connectivity index (χ3n) is 5.25. The van der Waals surface area contributed by atoms with Gasteiger partial charge < -0.3 is 10.5 Å². The average molecular weight is 421 g/mol. The third-order valence-corrected chi connectivity index (χ3v) is 5.25. The van der Waals surface area contributed by atoms with Crippen molar-refractivity contribution in [1.82, 2.24) is 9.55 Å². The molecule has 1 atom stereocenters. The number of fused-ring (bicyclic) bond motifs is 1. The molecule has 0 saturated carbocycles. The zero-order chi connectivity index (χ0) is 22.4. The van der Waals surface area contributed by atoms with Crippen molar-refractivity contribution in [2.45, 2.75) is 45.1 Å². The zero-order valence-corrected chi connectivity index (χ0v) is 17.8. The van der Waals surface area contributed by atoms with Crippen LogP contribution in [0.4, 0.5) is 0 Å². The van der Waals surface area contributed by atoms with Crippen LogP contribution in [0.2, 0.25) is 0 Å². The lowest BCUT2D eigenvalue weighted by Gasteiger charge is -2.18. The average Bonchev–Trinajstić information content (AvgIpc) is 2.78. The van der Waals surface area contributed by atoms with Gasteiger partial charge in [-0.25, -0.2) is 4.98 Å². The molecule has 0 unspecified atom stereocenters. The highest BCUT2D eigenvalue weighted by Gasteiger charge is 2.19. The van der Waals surface area contributed by atoms with Crippen LogP contribution in [0.25, 0.3) is 16.6 Å². The first-order valence-electron chi connectivity index (χ1n) is 10.4. The van der Waals surface area contributed by atoms with Gasteiger partial charge in [0.25, 0.3) is 5.56 Å². The number of carbonyl (C=O) groups is 2. The second-order valence-electron chi connectivity index (χ2n) is 7.42. The van der Waals surface area contributed by atoms with E-state index < -0.39 is 6.04 Å². The fraction of sp³-hybridized carbons (Fsp3) is 0.333. The Kier molecular flexibility index (Phi) is 7.31. The number of aromatic nitrogens is 2. The van der Waals surface area contributed by atoms with E-state index in [0.717, 1.165) is 0 Å². The van der Waals surface area contributed by atoms with E-state index in [-0.39, 0.29) is 36.6 Å². The Morgan fingerprint density at radius 2 is 1.84 bits per heavy atom. The number of hydrogen-bond donors (Lipinski definition) is 1. The van der Waals surface area contributed by atoms with Crippen molar-refractivity contribution in [2.24, 2.45) is 5.73 Å². The summed E-state index contributed by atoms with van der Waals surface area (Å²) in [6.45, 7) is 1.94. The van der Waals surface area contributed by atoms with Gasteiger partial charge in [-0.2, -0.15) is 0 Å². The van der Waals surface area contributed by atoms with Crippen molar-refractivity contribution in [2.75, 3.05) is 7.11 Å². The summed E-state index contributed by atoms with van der Waals surface area (Å²) < 4.78 is 6.15. The van der Waals surface area contributed by atoms with Gasteiger partial charge in [0.2, 0.25) is 0 Å². The quantitative estimate of drug-likeness (QED) is 0.532. The van der Waals surface area contributed by atoms with Crippen LogP contribution in [0, 0.1) is 0 Å². The lowest BCUT2D eigenvalue weighted by molar-refractivity contribution is -0.140. The summed E-state index contributed by atoms with van der Waals surface area (Å²) in [5.74, 6) is 0.108. The lowest BCUT2D eigenvalue weighted by atomic mass is 10.0. The number of Topliss-reactive ketones (excluding diaryl/α,β-unsaturated/α-hetero) is 1. The molecule has 0 amide bonds. The molecule has 0 aliphatic rings. The van der Waals surface area contributed by atoms with Gasteiger partial charge in [0.15, 0.2) is 0 Å². The molecule has 0 bridgehead atoms. The first-order valence-corrected chi connectivity index (χ1v) is 10.4. The summed E-state index contributed by atoms with van der Waals surface area (Å²) in [5, 5.41) is 0.416. The minimum Gasteiger partial charge on any atom is -0.469 e. The molecular weight excluding hydrogens is 394 g/mol. The highest BCUT2D eigenvalue weighted by Crippen LogP contribution is 2.21. The van der Waals surface area contributed by atoms with E-state index in [1.807, 2.05) is 37.3 Å². The number of nitrogens with two attached hydrogens (primary N) is 1. The number of ketones is 1. The van der Waals surface area contributed by atoms with Crippen molar-refractivity contribution in [3.05, 3.63) is 70.3 Å². The number of nitrogens with zero attached hydrogens (tertiary/aromatic N) is 2. The van der Waals surface area contributed by atoms with Gasteiger partial charge >= 0.3 is 5.97 Å². The van der Waals surface area contributed by atoms with Crippen LogP contribution in [0.1, 0.15) is 50.0 Å². The minimum atomic E-state index is -0.402. The highest BCUT2D eigenvalue weighted by molar-refractivity contribution is 5.89. The smallest absolute Gasteiger partial charge is 0.305 e. The fourth-order valence-electron chi connectivity index (χ4n) is 3.55. The lowest BCUT2D eigenvalue weighted by Crippen LogP contribution is -2.29. The molecule has 2 N–H and O–H groups in total. The molecule has 3 rings (SSSR count). The molecule has 3 aromatic rings. The molecule has 2 aromatic carbocycles. The zero-order valence-electron chi connectivity index (χ0n) is 17.8. The first kappa shape index (κ1) is 22.4. The van der Waals surface area contributed by atoms with Gasteiger partial charge in [-0.05, 0) is 36.6 Å². The monoisotopic (exact) mass is 421 g/mol. The summed E-state index contributed by atoms with van der Waals surface area (Å²) in [6.07, 6.45) is 1.58. The molecule has 7 nitrogen and oxygen atoms in total. The van der Waals surface area contributed by atoms with E-state index in [4.69, 9.17) is 10.7 Å². The molecular formula is C24H27N3O4. The van der Waals surface area contributed by atoms with Crippen LogP contribution in [-0.4, -0.2) is 28.4 Å². The summed E-state index contributed by atoms with van der Waals surface area (Å²) in [4.78, 5) is 42.1. The van der Waals surface area contributed by atoms with Crippen LogP contribution in [0.15, 0.2) is 53.3 Å².